The molecule has 4 N–H and O–H groups in total. The molecule has 0 bridgehead atoms. The Labute approximate surface area is 113 Å². The van der Waals surface area contributed by atoms with Crippen LogP contribution in [0.3, 0.4) is 0 Å². The van der Waals surface area contributed by atoms with Gasteiger partial charge in [-0.15, -0.1) is 0 Å². The van der Waals surface area contributed by atoms with E-state index in [2.05, 4.69) is 4.72 Å². The predicted molar refractivity (Wildman–Crippen MR) is 73.5 cm³/mol. The summed E-state index contributed by atoms with van der Waals surface area (Å²) in [4.78, 5) is 0.0665. The maximum absolute atomic E-state index is 12.2. The smallest absolute Gasteiger partial charge is 0.241 e. The lowest BCUT2D eigenvalue weighted by atomic mass is 10.0. The number of aliphatic hydroxyl groups excluding tert-OH is 1. The summed E-state index contributed by atoms with van der Waals surface area (Å²) in [5, 5.41) is 8.91. The van der Waals surface area contributed by atoms with Crippen molar-refractivity contribution in [3.63, 3.8) is 0 Å². The fourth-order valence-electron chi connectivity index (χ4n) is 1.63. The zero-order valence-electron chi connectivity index (χ0n) is 11.3. The van der Waals surface area contributed by atoms with Gasteiger partial charge in [0.1, 0.15) is 5.75 Å². The Morgan fingerprint density at radius 2 is 2.05 bits per heavy atom. The molecule has 0 heterocycles. The van der Waals surface area contributed by atoms with Gasteiger partial charge in [0.2, 0.25) is 10.0 Å². The molecule has 0 unspecified atom stereocenters. The molecule has 1 aromatic rings. The zero-order valence-corrected chi connectivity index (χ0v) is 12.1. The summed E-state index contributed by atoms with van der Waals surface area (Å²) >= 11 is 0. The number of ether oxygens (including phenoxy) is 1. The van der Waals surface area contributed by atoms with E-state index in [9.17, 15) is 8.42 Å². The number of nitrogens with one attached hydrogen (secondary N) is 1. The number of methoxy groups -OCH3 is 1. The van der Waals surface area contributed by atoms with Crippen molar-refractivity contribution in [2.24, 2.45) is 0 Å². The summed E-state index contributed by atoms with van der Waals surface area (Å²) in [5.41, 5.74) is 5.21. The molecule has 19 heavy (non-hydrogen) atoms. The zero-order chi connectivity index (χ0) is 14.7. The Morgan fingerprint density at radius 3 is 2.53 bits per heavy atom. The Hall–Kier alpha value is -1.31. The minimum atomic E-state index is -3.68. The van der Waals surface area contributed by atoms with Gasteiger partial charge in [-0.05, 0) is 38.5 Å². The molecular weight excluding hydrogens is 268 g/mol. The molecule has 0 aliphatic rings. The standard InChI is InChI=1S/C12H20N2O4S/c1-12(2,6-7-15)14-19(16,17)9-4-5-11(18-3)10(13)8-9/h4-5,8,14-15H,6-7,13H2,1-3H3. The van der Waals surface area contributed by atoms with E-state index in [0.29, 0.717) is 12.2 Å². The van der Waals surface area contributed by atoms with Crippen LogP contribution in [-0.2, 0) is 10.0 Å². The van der Waals surface area contributed by atoms with Gasteiger partial charge in [0, 0.05) is 12.1 Å². The molecule has 108 valence electrons. The van der Waals surface area contributed by atoms with Crippen LogP contribution in [0.2, 0.25) is 0 Å². The van der Waals surface area contributed by atoms with Gasteiger partial charge >= 0.3 is 0 Å². The molecule has 7 heteroatoms. The summed E-state index contributed by atoms with van der Waals surface area (Å²) in [6.45, 7) is 3.31. The average molecular weight is 288 g/mol. The molecule has 0 fully saturated rings. The van der Waals surface area contributed by atoms with Gasteiger partial charge in [-0.25, -0.2) is 13.1 Å². The SMILES string of the molecule is COc1ccc(S(=O)(=O)NC(C)(C)CCO)cc1N. The topological polar surface area (TPSA) is 102 Å². The third-order valence-electron chi connectivity index (χ3n) is 2.66. The first-order chi connectivity index (χ1) is 8.72. The summed E-state index contributed by atoms with van der Waals surface area (Å²) in [7, 11) is -2.22. The Kier molecular flexibility index (Phi) is 4.78. The minimum absolute atomic E-state index is 0.0665. The molecule has 0 aromatic heterocycles. The number of sulfonamides is 1. The van der Waals surface area contributed by atoms with E-state index in [1.165, 1.54) is 25.3 Å². The van der Waals surface area contributed by atoms with Gasteiger partial charge in [-0.3, -0.25) is 0 Å². The van der Waals surface area contributed by atoms with E-state index in [4.69, 9.17) is 15.6 Å². The lowest BCUT2D eigenvalue weighted by Crippen LogP contribution is -2.43. The normalized spacial score (nSPS) is 12.4. The largest absolute Gasteiger partial charge is 0.495 e. The van der Waals surface area contributed by atoms with Gasteiger partial charge in [0.15, 0.2) is 0 Å². The molecule has 0 atom stereocenters. The molecular formula is C12H20N2O4S. The Bertz CT molecular complexity index is 541. The summed E-state index contributed by atoms with van der Waals surface area (Å²) < 4.78 is 31.9. The maximum atomic E-state index is 12.2. The molecule has 0 saturated carbocycles. The van der Waals surface area contributed by atoms with Crippen molar-refractivity contribution in [3.8, 4) is 5.75 Å². The highest BCUT2D eigenvalue weighted by molar-refractivity contribution is 7.89. The molecule has 0 amide bonds. The van der Waals surface area contributed by atoms with Crippen LogP contribution < -0.4 is 15.2 Å². The quantitative estimate of drug-likeness (QED) is 0.669. The van der Waals surface area contributed by atoms with Crippen molar-refractivity contribution in [2.75, 3.05) is 19.5 Å². The van der Waals surface area contributed by atoms with Crippen molar-refractivity contribution >= 4 is 15.7 Å². The molecule has 0 saturated heterocycles. The minimum Gasteiger partial charge on any atom is -0.495 e. The van der Waals surface area contributed by atoms with Crippen LogP contribution in [0.15, 0.2) is 23.1 Å². The number of benzene rings is 1. The van der Waals surface area contributed by atoms with Gasteiger partial charge in [0.25, 0.3) is 0 Å². The van der Waals surface area contributed by atoms with Gasteiger partial charge < -0.3 is 15.6 Å². The first-order valence-electron chi connectivity index (χ1n) is 5.80. The second kappa shape index (κ2) is 5.77. The third-order valence-corrected chi connectivity index (χ3v) is 4.35. The van der Waals surface area contributed by atoms with E-state index in [1.807, 2.05) is 0 Å². The summed E-state index contributed by atoms with van der Waals surface area (Å²) in [5.74, 6) is 0.425. The average Bonchev–Trinajstić information content (AvgIpc) is 2.27. The number of nitrogen functional groups attached to an aromatic ring is 1. The van der Waals surface area contributed by atoms with E-state index in [-0.39, 0.29) is 17.2 Å². The van der Waals surface area contributed by atoms with Crippen LogP contribution in [-0.4, -0.2) is 32.8 Å². The molecule has 0 radical (unpaired) electrons. The maximum Gasteiger partial charge on any atom is 0.241 e. The number of anilines is 1. The van der Waals surface area contributed by atoms with Crippen molar-refractivity contribution in [1.29, 1.82) is 0 Å². The Morgan fingerprint density at radius 1 is 1.42 bits per heavy atom. The van der Waals surface area contributed by atoms with Gasteiger partial charge in [-0.2, -0.15) is 0 Å². The molecule has 0 aliphatic heterocycles. The predicted octanol–water partition coefficient (Wildman–Crippen LogP) is 0.717. The lowest BCUT2D eigenvalue weighted by molar-refractivity contribution is 0.246. The van der Waals surface area contributed by atoms with Crippen LogP contribution in [0.5, 0.6) is 5.75 Å². The highest BCUT2D eigenvalue weighted by atomic mass is 32.2. The van der Waals surface area contributed by atoms with Crippen LogP contribution in [0.25, 0.3) is 0 Å². The number of hydrogen-bond acceptors (Lipinski definition) is 5. The van der Waals surface area contributed by atoms with E-state index in [1.54, 1.807) is 13.8 Å². The van der Waals surface area contributed by atoms with Crippen LogP contribution >= 0.6 is 0 Å². The highest BCUT2D eigenvalue weighted by Crippen LogP contribution is 2.25. The van der Waals surface area contributed by atoms with Crippen LogP contribution in [0, 0.1) is 0 Å². The molecule has 1 rings (SSSR count). The van der Waals surface area contributed by atoms with E-state index in [0.717, 1.165) is 0 Å². The first-order valence-corrected chi connectivity index (χ1v) is 7.28. The second-order valence-electron chi connectivity index (χ2n) is 4.87. The summed E-state index contributed by atoms with van der Waals surface area (Å²) in [6, 6.07) is 4.27. The monoisotopic (exact) mass is 288 g/mol. The molecule has 0 aliphatic carbocycles. The number of aliphatic hydroxyl groups is 1. The fourth-order valence-corrected chi connectivity index (χ4v) is 3.11. The van der Waals surface area contributed by atoms with Crippen molar-refractivity contribution in [2.45, 2.75) is 30.7 Å². The summed E-state index contributed by atoms with van der Waals surface area (Å²) in [6.07, 6.45) is 0.317. The van der Waals surface area contributed by atoms with Crippen molar-refractivity contribution < 1.29 is 18.3 Å². The number of hydrogen-bond donors (Lipinski definition) is 3. The molecule has 0 spiro atoms. The number of nitrogens with two attached hydrogens (primary N) is 1. The van der Waals surface area contributed by atoms with Gasteiger partial charge in [0.05, 0.1) is 17.7 Å². The highest BCUT2D eigenvalue weighted by Gasteiger charge is 2.26. The van der Waals surface area contributed by atoms with Crippen molar-refractivity contribution in [1.82, 2.24) is 4.72 Å². The fraction of sp³-hybridized carbons (Fsp3) is 0.500. The lowest BCUT2D eigenvalue weighted by Gasteiger charge is -2.25. The van der Waals surface area contributed by atoms with Crippen molar-refractivity contribution in [3.05, 3.63) is 18.2 Å². The third kappa shape index (κ3) is 4.09. The van der Waals surface area contributed by atoms with Crippen LogP contribution in [0.4, 0.5) is 5.69 Å². The van der Waals surface area contributed by atoms with E-state index < -0.39 is 15.6 Å². The van der Waals surface area contributed by atoms with E-state index >= 15 is 0 Å². The first kappa shape index (κ1) is 15.7. The Balaban J connectivity index is 3.04. The van der Waals surface area contributed by atoms with Gasteiger partial charge in [-0.1, -0.05) is 0 Å². The molecule has 1 aromatic carbocycles. The second-order valence-corrected chi connectivity index (χ2v) is 6.55. The van der Waals surface area contributed by atoms with Crippen LogP contribution in [0.1, 0.15) is 20.3 Å². The number of rotatable bonds is 6. The molecule has 6 nitrogen and oxygen atoms in total.